The monoisotopic (exact) mass is 1450 g/mol. The van der Waals surface area contributed by atoms with Gasteiger partial charge in [-0.05, 0) is 177 Å². The van der Waals surface area contributed by atoms with Gasteiger partial charge in [0, 0.05) is 78.3 Å². The molecular weight excluding hydrogens is 1270 g/mol. The molecule has 10 nitrogen and oxygen atoms in total. The maximum Gasteiger partial charge on any atom is 0.306 e. The Morgan fingerprint density at radius 1 is 0.476 bits per heavy atom. The summed E-state index contributed by atoms with van der Waals surface area (Å²) in [5.74, 6) is 2.91. The molecular formula is C93H175N3O7. The van der Waals surface area contributed by atoms with Gasteiger partial charge < -0.3 is 38.4 Å². The van der Waals surface area contributed by atoms with Gasteiger partial charge in [-0.2, -0.15) is 0 Å². The third-order valence-corrected chi connectivity index (χ3v) is 18.6. The summed E-state index contributed by atoms with van der Waals surface area (Å²) in [6.07, 6.45) is 20.7. The van der Waals surface area contributed by atoms with Crippen LogP contribution in [-0.2, 0) is 46.1 Å². The number of allylic oxidation sites excluding steroid dienone is 1. The minimum absolute atomic E-state index is 0. The molecule has 0 unspecified atom stereocenters. The number of hydrogen-bond donors (Lipinski definition) is 0. The first-order chi connectivity index (χ1) is 46.4. The second-order valence-corrected chi connectivity index (χ2v) is 41.2. The summed E-state index contributed by atoms with van der Waals surface area (Å²) in [7, 11) is 3.86. The van der Waals surface area contributed by atoms with E-state index in [0.29, 0.717) is 77.2 Å². The fraction of sp³-hybridized carbons (Fsp3) is 0.806. The molecule has 103 heavy (non-hydrogen) atoms. The van der Waals surface area contributed by atoms with Gasteiger partial charge in [-0.25, -0.2) is 0 Å². The van der Waals surface area contributed by atoms with Crippen LogP contribution >= 0.6 is 0 Å². The molecule has 4 heterocycles. The molecule has 2 aromatic carbocycles. The molecule has 0 N–H and O–H groups in total. The van der Waals surface area contributed by atoms with E-state index in [2.05, 4.69) is 263 Å². The highest BCUT2D eigenvalue weighted by Crippen LogP contribution is 2.38. The van der Waals surface area contributed by atoms with Crippen LogP contribution in [0, 0.1) is 66.5 Å². The molecule has 2 aromatic rings. The van der Waals surface area contributed by atoms with E-state index in [1.807, 2.05) is 46.4 Å². The number of esters is 1. The summed E-state index contributed by atoms with van der Waals surface area (Å²) in [6, 6.07) is 21.3. The molecule has 10 heteroatoms. The van der Waals surface area contributed by atoms with Crippen LogP contribution < -0.4 is 0 Å². The Hall–Kier alpha value is -3.54. The van der Waals surface area contributed by atoms with Crippen LogP contribution in [0.5, 0.6) is 0 Å². The summed E-state index contributed by atoms with van der Waals surface area (Å²) < 4.78 is 25.8. The SMILES string of the molecule is C.C=C(C)N1CCC(C(C)(C)C)CC1.CC(C)(C)C1CCCCC1.CC(C)(C)C1CCOCC1.CC(C)(C)CC(=O)N1CCOCC1.CC(C)(C)CC(=O)OC(C)(C)C.CC(C)(C)Cc1ccccc1.CC(C)(C)Cc1ccccc1.CN1CC=C(C(C)(C)C)CC1.COCCOCCC(C)(C)C. The molecule has 4 fully saturated rings. The van der Waals surface area contributed by atoms with Crippen LogP contribution in [0.15, 0.2) is 84.6 Å². The third-order valence-electron chi connectivity index (χ3n) is 18.6. The number of nitrogens with zero attached hydrogens (tertiary/aromatic N) is 3. The van der Waals surface area contributed by atoms with Crippen LogP contribution in [0.4, 0.5) is 0 Å². The molecule has 1 saturated carbocycles. The van der Waals surface area contributed by atoms with Gasteiger partial charge in [0.15, 0.2) is 0 Å². The zero-order valence-electron chi connectivity index (χ0n) is 73.8. The lowest BCUT2D eigenvalue weighted by atomic mass is 9.72. The Morgan fingerprint density at radius 2 is 0.883 bits per heavy atom. The fourth-order valence-electron chi connectivity index (χ4n) is 12.3. The first-order valence-corrected chi connectivity index (χ1v) is 40.0. The van der Waals surface area contributed by atoms with Crippen molar-refractivity contribution >= 4 is 11.9 Å². The van der Waals surface area contributed by atoms with E-state index < -0.39 is 0 Å². The Morgan fingerprint density at radius 3 is 1.20 bits per heavy atom. The van der Waals surface area contributed by atoms with Gasteiger partial charge in [0.25, 0.3) is 0 Å². The molecule has 7 rings (SSSR count). The quantitative estimate of drug-likeness (QED) is 0.131. The number of methoxy groups -OCH3 is 1. The molecule has 1 amide bonds. The van der Waals surface area contributed by atoms with Gasteiger partial charge in [0.05, 0.1) is 32.8 Å². The van der Waals surface area contributed by atoms with Crippen molar-refractivity contribution < 1.29 is 33.3 Å². The maximum atomic E-state index is 11.7. The molecule has 0 aromatic heterocycles. The van der Waals surface area contributed by atoms with Crippen LogP contribution in [-0.4, -0.2) is 132 Å². The zero-order valence-corrected chi connectivity index (χ0v) is 73.8. The number of morpholine rings is 1. The summed E-state index contributed by atoms with van der Waals surface area (Å²) >= 11 is 0. The Bertz CT molecular complexity index is 2360. The topological polar surface area (TPSA) is 90.0 Å². The highest BCUT2D eigenvalue weighted by Gasteiger charge is 2.30. The van der Waals surface area contributed by atoms with Crippen molar-refractivity contribution in [2.24, 2.45) is 66.5 Å². The van der Waals surface area contributed by atoms with E-state index in [0.717, 1.165) is 76.5 Å². The molecule has 0 radical (unpaired) electrons. The van der Waals surface area contributed by atoms with E-state index >= 15 is 0 Å². The second-order valence-electron chi connectivity index (χ2n) is 41.2. The van der Waals surface area contributed by atoms with E-state index in [9.17, 15) is 9.59 Å². The summed E-state index contributed by atoms with van der Waals surface area (Å²) in [6.45, 7) is 84.2. The lowest BCUT2D eigenvalue weighted by molar-refractivity contribution is -0.157. The van der Waals surface area contributed by atoms with Crippen LogP contribution in [0.1, 0.15) is 317 Å². The summed E-state index contributed by atoms with van der Waals surface area (Å²) in [5, 5.41) is 0. The largest absolute Gasteiger partial charge is 0.460 e. The highest BCUT2D eigenvalue weighted by molar-refractivity contribution is 5.76. The van der Waals surface area contributed by atoms with Gasteiger partial charge in [0.1, 0.15) is 5.60 Å². The Labute approximate surface area is 642 Å². The first kappa shape index (κ1) is 104. The standard InChI is InChI=1S/C12H23N.2C11H16.C10H19NO2.C10H19N.C10H20O2.C10H20.C9H20O2.C9H18O.CH4/c1-10(2)13-8-6-11(7-9-13)12(3,4)5;2*1-11(2,3)9-10-7-5-4-6-8-10;1-10(2,3)8-9(12)11-4-6-13-7-5-11;1-10(2,3)9-5-7-11(4)8-6-9;1-9(2,3)7-8(11)12-10(4,5)6;1-10(2,3)9-7-5-4-6-8-9;1-9(2,3)5-6-11-8-7-10-4;1-9(2,3)8-4-6-10-7-5-8;/h11H,1,6-9H2,2-5H3;2*4-8H,9H2,1-3H3;4-8H2,1-3H3;5H,6-8H2,1-4H3;7H2,1-6H3;9H,4-8H2,1-3H3;5-8H2,1-4H3;8H,4-7H2,1-3H3;1H4. The number of piperidine rings is 1. The number of hydrogen-bond acceptors (Lipinski definition) is 9. The maximum absolute atomic E-state index is 11.7. The minimum atomic E-state index is -0.359. The first-order valence-electron chi connectivity index (χ1n) is 40.0. The normalized spacial score (nSPS) is 17.0. The van der Waals surface area contributed by atoms with Crippen LogP contribution in [0.25, 0.3) is 0 Å². The van der Waals surface area contributed by atoms with E-state index in [4.69, 9.17) is 23.7 Å². The van der Waals surface area contributed by atoms with Crippen molar-refractivity contribution in [2.45, 2.75) is 324 Å². The lowest BCUT2D eigenvalue weighted by Crippen LogP contribution is -2.41. The molecule has 5 aliphatic rings. The van der Waals surface area contributed by atoms with Crippen molar-refractivity contribution in [3.05, 3.63) is 95.7 Å². The molecule has 1 aliphatic carbocycles. The van der Waals surface area contributed by atoms with E-state index in [-0.39, 0.29) is 35.7 Å². The van der Waals surface area contributed by atoms with Crippen molar-refractivity contribution in [2.75, 3.05) is 99.7 Å². The second kappa shape index (κ2) is 50.2. The predicted molar refractivity (Wildman–Crippen MR) is 451 cm³/mol. The van der Waals surface area contributed by atoms with Gasteiger partial charge >= 0.3 is 5.97 Å². The average molecular weight is 1450 g/mol. The number of rotatable bonds is 10. The van der Waals surface area contributed by atoms with Crippen molar-refractivity contribution in [1.29, 1.82) is 0 Å². The van der Waals surface area contributed by atoms with Crippen LogP contribution in [0.2, 0.25) is 0 Å². The summed E-state index contributed by atoms with van der Waals surface area (Å²) in [5.41, 5.74) is 8.59. The van der Waals surface area contributed by atoms with E-state index in [1.54, 1.807) is 12.7 Å². The fourth-order valence-corrected chi connectivity index (χ4v) is 12.3. The number of benzene rings is 2. The average Bonchev–Trinajstić information content (AvgIpc) is 0.876. The molecule has 0 bridgehead atoms. The van der Waals surface area contributed by atoms with Crippen molar-refractivity contribution in [3.8, 4) is 0 Å². The zero-order chi connectivity index (χ0) is 79.0. The predicted octanol–water partition coefficient (Wildman–Crippen LogP) is 25.0. The van der Waals surface area contributed by atoms with Crippen molar-refractivity contribution in [1.82, 2.24) is 14.7 Å². The minimum Gasteiger partial charge on any atom is -0.460 e. The third kappa shape index (κ3) is 62.1. The number of ether oxygens (including phenoxy) is 5. The molecule has 0 spiro atoms. The number of likely N-dealkylation sites (tertiary alicyclic amines) is 1. The Balaban J connectivity index is -0.00000109. The highest BCUT2D eigenvalue weighted by atomic mass is 16.6. The van der Waals surface area contributed by atoms with Gasteiger partial charge in [0.2, 0.25) is 5.91 Å². The smallest absolute Gasteiger partial charge is 0.306 e. The summed E-state index contributed by atoms with van der Waals surface area (Å²) in [4.78, 5) is 29.6. The van der Waals surface area contributed by atoms with Gasteiger partial charge in [-0.15, -0.1) is 0 Å². The number of amides is 1. The Kier molecular flexibility index (Phi) is 50.5. The molecule has 604 valence electrons. The van der Waals surface area contributed by atoms with Crippen LogP contribution in [0.3, 0.4) is 0 Å². The molecule has 3 saturated heterocycles. The number of carbonyl (C=O) groups excluding carboxylic acids is 2. The number of carbonyl (C=O) groups is 2. The lowest BCUT2D eigenvalue weighted by Gasteiger charge is -2.39. The van der Waals surface area contributed by atoms with E-state index in [1.165, 1.54) is 101 Å². The van der Waals surface area contributed by atoms with Gasteiger partial charge in [-0.1, -0.05) is 293 Å². The molecule has 4 aliphatic heterocycles. The van der Waals surface area contributed by atoms with Crippen molar-refractivity contribution in [3.63, 3.8) is 0 Å². The number of likely N-dealkylation sites (N-methyl/N-ethyl adjacent to an activating group) is 1. The molecule has 0 atom stereocenters. The van der Waals surface area contributed by atoms with Gasteiger partial charge in [-0.3, -0.25) is 9.59 Å².